The first-order chi connectivity index (χ1) is 13.5. The summed E-state index contributed by atoms with van der Waals surface area (Å²) < 4.78 is 0. The lowest BCUT2D eigenvalue weighted by Gasteiger charge is -2.16. The highest BCUT2D eigenvalue weighted by atomic mass is 35.5. The number of aromatic nitrogens is 3. The summed E-state index contributed by atoms with van der Waals surface area (Å²) in [5, 5.41) is 16.9. The molecule has 146 valence electrons. The lowest BCUT2D eigenvalue weighted by molar-refractivity contribution is 0.0920. The van der Waals surface area contributed by atoms with Crippen molar-refractivity contribution < 1.29 is 9.90 Å². The fourth-order valence-corrected chi connectivity index (χ4v) is 3.74. The number of carbonyl (C=O) groups is 1. The molecule has 0 saturated heterocycles. The maximum Gasteiger partial charge on any atom is 0.263 e. The number of benzene rings is 1. The van der Waals surface area contributed by atoms with Gasteiger partial charge in [-0.3, -0.25) is 4.79 Å². The fourth-order valence-electron chi connectivity index (χ4n) is 2.47. The molecule has 0 unspecified atom stereocenters. The van der Waals surface area contributed by atoms with E-state index in [4.69, 9.17) is 23.2 Å². The van der Waals surface area contributed by atoms with Gasteiger partial charge in [-0.25, -0.2) is 15.0 Å². The molecule has 10 heteroatoms. The van der Waals surface area contributed by atoms with Crippen LogP contribution in [0.25, 0.3) is 10.7 Å². The Kier molecular flexibility index (Phi) is 6.79. The lowest BCUT2D eigenvalue weighted by atomic mass is 10.1. The summed E-state index contributed by atoms with van der Waals surface area (Å²) >= 11 is 13.3. The van der Waals surface area contributed by atoms with Crippen LogP contribution in [0.3, 0.4) is 0 Å². The van der Waals surface area contributed by atoms with Gasteiger partial charge >= 0.3 is 0 Å². The highest BCUT2D eigenvalue weighted by molar-refractivity contribution is 7.16. The summed E-state index contributed by atoms with van der Waals surface area (Å²) in [6.45, 7) is -0.228. The quantitative estimate of drug-likeness (QED) is 0.524. The lowest BCUT2D eigenvalue weighted by Crippen LogP contribution is -2.38. The summed E-state index contributed by atoms with van der Waals surface area (Å²) in [4.78, 5) is 25.6. The molecule has 0 radical (unpaired) electrons. The first-order valence-corrected chi connectivity index (χ1v) is 9.90. The molecule has 7 nitrogen and oxygen atoms in total. The standard InChI is InChI=1S/C18H17Cl2N5O2S/c1-21-18-22-5-4-14(25-18)17-23-8-15(28-17)16(27)24-12(9-26)6-10-2-3-11(19)7-13(10)20/h2-5,7-8,12,26H,6,9H2,1H3,(H,24,27)(H,21,22,25)/t12-/m0/s1. The zero-order chi connectivity index (χ0) is 20.1. The van der Waals surface area contributed by atoms with Crippen LogP contribution in [0.1, 0.15) is 15.2 Å². The number of thiazole rings is 1. The van der Waals surface area contributed by atoms with Crippen LogP contribution >= 0.6 is 34.5 Å². The summed E-state index contributed by atoms with van der Waals surface area (Å²) in [6, 6.07) is 6.35. The second-order valence-corrected chi connectivity index (χ2v) is 7.71. The Morgan fingerprint density at radius 3 is 2.82 bits per heavy atom. The number of aliphatic hydroxyl groups excluding tert-OH is 1. The number of amides is 1. The van der Waals surface area contributed by atoms with Gasteiger partial charge in [-0.2, -0.15) is 0 Å². The van der Waals surface area contributed by atoms with Gasteiger partial charge in [0.25, 0.3) is 5.91 Å². The third-order valence-corrected chi connectivity index (χ3v) is 5.47. The maximum atomic E-state index is 12.6. The van der Waals surface area contributed by atoms with Crippen LogP contribution in [0.15, 0.2) is 36.7 Å². The second kappa shape index (κ2) is 9.29. The number of halogens is 2. The largest absolute Gasteiger partial charge is 0.394 e. The predicted octanol–water partition coefficient (Wildman–Crippen LogP) is 3.28. The number of rotatable bonds is 7. The van der Waals surface area contributed by atoms with Crippen molar-refractivity contribution in [2.45, 2.75) is 12.5 Å². The van der Waals surface area contributed by atoms with Crippen LogP contribution in [0, 0.1) is 0 Å². The third-order valence-electron chi connectivity index (χ3n) is 3.86. The van der Waals surface area contributed by atoms with Crippen molar-refractivity contribution in [2.75, 3.05) is 19.0 Å². The van der Waals surface area contributed by atoms with E-state index < -0.39 is 6.04 Å². The van der Waals surface area contributed by atoms with Crippen molar-refractivity contribution in [3.63, 3.8) is 0 Å². The summed E-state index contributed by atoms with van der Waals surface area (Å²) in [7, 11) is 1.72. The minimum absolute atomic E-state index is 0.228. The number of aliphatic hydroxyl groups is 1. The first kappa shape index (κ1) is 20.5. The number of nitrogens with zero attached hydrogens (tertiary/aromatic N) is 3. The van der Waals surface area contributed by atoms with Gasteiger partial charge in [-0.15, -0.1) is 11.3 Å². The van der Waals surface area contributed by atoms with Crippen molar-refractivity contribution >= 4 is 46.4 Å². The monoisotopic (exact) mass is 437 g/mol. The van der Waals surface area contributed by atoms with Crippen LogP contribution < -0.4 is 10.6 Å². The Labute approximate surface area is 175 Å². The smallest absolute Gasteiger partial charge is 0.263 e. The predicted molar refractivity (Wildman–Crippen MR) is 111 cm³/mol. The molecule has 2 aromatic heterocycles. The van der Waals surface area contributed by atoms with E-state index in [0.29, 0.717) is 38.0 Å². The first-order valence-electron chi connectivity index (χ1n) is 8.32. The number of hydrogen-bond donors (Lipinski definition) is 3. The third kappa shape index (κ3) is 4.96. The molecule has 0 aliphatic carbocycles. The highest BCUT2D eigenvalue weighted by Crippen LogP contribution is 2.25. The van der Waals surface area contributed by atoms with Crippen LogP contribution in [0.2, 0.25) is 10.0 Å². The van der Waals surface area contributed by atoms with Crippen molar-refractivity contribution in [3.05, 3.63) is 57.1 Å². The molecular formula is C18H17Cl2N5O2S. The zero-order valence-corrected chi connectivity index (χ0v) is 17.1. The molecule has 0 fully saturated rings. The van der Waals surface area contributed by atoms with E-state index in [1.165, 1.54) is 17.5 Å². The van der Waals surface area contributed by atoms with Crippen LogP contribution in [-0.2, 0) is 6.42 Å². The SMILES string of the molecule is CNc1nccc(-c2ncc(C(=O)N[C@H](CO)Cc3ccc(Cl)cc3Cl)s2)n1. The maximum absolute atomic E-state index is 12.6. The molecule has 0 spiro atoms. The molecule has 0 bridgehead atoms. The van der Waals surface area contributed by atoms with E-state index in [9.17, 15) is 9.90 Å². The molecule has 0 aliphatic heterocycles. The fraction of sp³-hybridized carbons (Fsp3) is 0.222. The Hall–Kier alpha value is -2.26. The Balaban J connectivity index is 1.70. The number of hydrogen-bond acceptors (Lipinski definition) is 7. The number of anilines is 1. The Morgan fingerprint density at radius 1 is 1.29 bits per heavy atom. The van der Waals surface area contributed by atoms with Gasteiger partial charge in [0.1, 0.15) is 15.6 Å². The molecule has 0 saturated carbocycles. The summed E-state index contributed by atoms with van der Waals surface area (Å²) in [6.07, 6.45) is 3.48. The minimum atomic E-state index is -0.494. The molecule has 2 heterocycles. The average molecular weight is 438 g/mol. The minimum Gasteiger partial charge on any atom is -0.394 e. The average Bonchev–Trinajstić information content (AvgIpc) is 3.19. The molecule has 3 aromatic rings. The van der Waals surface area contributed by atoms with E-state index >= 15 is 0 Å². The second-order valence-electron chi connectivity index (χ2n) is 5.84. The van der Waals surface area contributed by atoms with Crippen LogP contribution in [0.4, 0.5) is 5.95 Å². The number of nitrogens with one attached hydrogen (secondary N) is 2. The van der Waals surface area contributed by atoms with Crippen LogP contribution in [-0.4, -0.2) is 45.7 Å². The van der Waals surface area contributed by atoms with Gasteiger partial charge in [-0.1, -0.05) is 29.3 Å². The van der Waals surface area contributed by atoms with Gasteiger partial charge in [0.15, 0.2) is 0 Å². The van der Waals surface area contributed by atoms with Gasteiger partial charge in [0.2, 0.25) is 5.95 Å². The zero-order valence-electron chi connectivity index (χ0n) is 14.8. The molecule has 1 amide bonds. The molecule has 28 heavy (non-hydrogen) atoms. The van der Waals surface area contributed by atoms with E-state index in [2.05, 4.69) is 25.6 Å². The van der Waals surface area contributed by atoms with Gasteiger partial charge in [0, 0.05) is 23.3 Å². The van der Waals surface area contributed by atoms with Crippen molar-refractivity contribution in [1.82, 2.24) is 20.3 Å². The van der Waals surface area contributed by atoms with Crippen molar-refractivity contribution in [2.24, 2.45) is 0 Å². The topological polar surface area (TPSA) is 100 Å². The molecule has 0 aliphatic rings. The normalized spacial score (nSPS) is 11.9. The van der Waals surface area contributed by atoms with E-state index in [1.807, 2.05) is 0 Å². The van der Waals surface area contributed by atoms with E-state index in [-0.39, 0.29) is 12.5 Å². The van der Waals surface area contributed by atoms with E-state index in [1.54, 1.807) is 37.5 Å². The molecule has 1 atom stereocenters. The summed E-state index contributed by atoms with van der Waals surface area (Å²) in [5.74, 6) is 0.148. The van der Waals surface area contributed by atoms with Gasteiger partial charge in [-0.05, 0) is 30.2 Å². The van der Waals surface area contributed by atoms with Crippen LogP contribution in [0.5, 0.6) is 0 Å². The Bertz CT molecular complexity index is 982. The van der Waals surface area contributed by atoms with Crippen molar-refractivity contribution in [3.8, 4) is 10.7 Å². The summed E-state index contributed by atoms with van der Waals surface area (Å²) in [5.41, 5.74) is 1.41. The molecule has 3 N–H and O–H groups in total. The van der Waals surface area contributed by atoms with Gasteiger partial charge < -0.3 is 15.7 Å². The molecular weight excluding hydrogens is 421 g/mol. The van der Waals surface area contributed by atoms with Crippen molar-refractivity contribution in [1.29, 1.82) is 0 Å². The van der Waals surface area contributed by atoms with E-state index in [0.717, 1.165) is 5.56 Å². The highest BCUT2D eigenvalue weighted by Gasteiger charge is 2.18. The van der Waals surface area contributed by atoms with Gasteiger partial charge in [0.05, 0.1) is 18.8 Å². The Morgan fingerprint density at radius 2 is 2.11 bits per heavy atom. The molecule has 3 rings (SSSR count). The number of carbonyl (C=O) groups excluding carboxylic acids is 1. The molecule has 1 aromatic carbocycles.